The van der Waals surface area contributed by atoms with Crippen molar-refractivity contribution in [3.63, 3.8) is 0 Å². The van der Waals surface area contributed by atoms with Gasteiger partial charge in [0.15, 0.2) is 0 Å². The molecule has 1 aromatic heterocycles. The molecule has 4 nitrogen and oxygen atoms in total. The molecule has 0 atom stereocenters. The molecule has 0 aliphatic rings. The lowest BCUT2D eigenvalue weighted by molar-refractivity contribution is 0.102. The number of amides is 1. The predicted molar refractivity (Wildman–Crippen MR) is 135 cm³/mol. The van der Waals surface area contributed by atoms with Crippen molar-refractivity contribution in [2.75, 3.05) is 5.32 Å². The largest absolute Gasteiger partial charge is 0.489 e. The van der Waals surface area contributed by atoms with E-state index in [9.17, 15) is 4.79 Å². The van der Waals surface area contributed by atoms with Crippen molar-refractivity contribution in [1.29, 1.82) is 0 Å². The molecular weight excluding hydrogens is 452 g/mol. The zero-order valence-electron chi connectivity index (χ0n) is 17.5. The normalized spacial score (nSPS) is 10.8. The standard InChI is InChI=1S/C27H19ClN2O2S/c28-20-12-15-23(22(16-20)27-30-24-8-4-5-9-25(24)33-27)29-26(31)19-10-13-21(14-11-19)32-17-18-6-2-1-3-7-18/h1-16H,17H2,(H,29,31). The quantitative estimate of drug-likeness (QED) is 0.280. The van der Waals surface area contributed by atoms with Crippen molar-refractivity contribution in [3.05, 3.63) is 113 Å². The van der Waals surface area contributed by atoms with Crippen LogP contribution in [0.5, 0.6) is 5.75 Å². The molecule has 0 bridgehead atoms. The number of aromatic nitrogens is 1. The van der Waals surface area contributed by atoms with Crippen LogP contribution in [0.25, 0.3) is 20.8 Å². The zero-order chi connectivity index (χ0) is 22.6. The first-order chi connectivity index (χ1) is 16.2. The van der Waals surface area contributed by atoms with E-state index >= 15 is 0 Å². The van der Waals surface area contributed by atoms with Gasteiger partial charge in [0.25, 0.3) is 5.91 Å². The fourth-order valence-corrected chi connectivity index (χ4v) is 4.60. The van der Waals surface area contributed by atoms with Crippen LogP contribution in [0.2, 0.25) is 5.02 Å². The maximum absolute atomic E-state index is 12.9. The number of halogens is 1. The van der Waals surface area contributed by atoms with Crippen LogP contribution in [0.3, 0.4) is 0 Å². The third-order valence-electron chi connectivity index (χ3n) is 5.12. The first kappa shape index (κ1) is 21.2. The van der Waals surface area contributed by atoms with Crippen LogP contribution in [-0.2, 0) is 6.61 Å². The number of carbonyl (C=O) groups is 1. The molecule has 0 aliphatic carbocycles. The molecule has 0 saturated carbocycles. The monoisotopic (exact) mass is 470 g/mol. The number of anilines is 1. The molecule has 4 aromatic carbocycles. The van der Waals surface area contributed by atoms with Gasteiger partial charge in [-0.25, -0.2) is 4.98 Å². The highest BCUT2D eigenvalue weighted by atomic mass is 35.5. The van der Waals surface area contributed by atoms with E-state index in [1.54, 1.807) is 47.7 Å². The van der Waals surface area contributed by atoms with Crippen LogP contribution in [0, 0.1) is 0 Å². The summed E-state index contributed by atoms with van der Waals surface area (Å²) in [7, 11) is 0. The third-order valence-corrected chi connectivity index (χ3v) is 6.42. The molecule has 6 heteroatoms. The maximum atomic E-state index is 12.9. The van der Waals surface area contributed by atoms with Gasteiger partial charge in [-0.15, -0.1) is 11.3 Å². The van der Waals surface area contributed by atoms with E-state index in [-0.39, 0.29) is 5.91 Å². The summed E-state index contributed by atoms with van der Waals surface area (Å²) >= 11 is 7.82. The molecule has 0 unspecified atom stereocenters. The Morgan fingerprint density at radius 2 is 1.67 bits per heavy atom. The predicted octanol–water partition coefficient (Wildman–Crippen LogP) is 7.45. The highest BCUT2D eigenvalue weighted by Gasteiger charge is 2.15. The lowest BCUT2D eigenvalue weighted by Crippen LogP contribution is -2.12. The van der Waals surface area contributed by atoms with Gasteiger partial charge in [-0.05, 0) is 60.2 Å². The van der Waals surface area contributed by atoms with E-state index in [0.717, 1.165) is 26.4 Å². The van der Waals surface area contributed by atoms with Gasteiger partial charge in [-0.3, -0.25) is 4.79 Å². The number of rotatable bonds is 6. The summed E-state index contributed by atoms with van der Waals surface area (Å²) < 4.78 is 6.89. The lowest BCUT2D eigenvalue weighted by Gasteiger charge is -2.11. The molecule has 5 rings (SSSR count). The van der Waals surface area contributed by atoms with Gasteiger partial charge in [0.2, 0.25) is 0 Å². The molecule has 1 amide bonds. The van der Waals surface area contributed by atoms with Gasteiger partial charge in [-0.1, -0.05) is 54.1 Å². The molecular formula is C27H19ClN2O2S. The van der Waals surface area contributed by atoms with E-state index in [4.69, 9.17) is 21.3 Å². The number of carbonyl (C=O) groups excluding carboxylic acids is 1. The molecule has 0 radical (unpaired) electrons. The summed E-state index contributed by atoms with van der Waals surface area (Å²) in [6.45, 7) is 0.475. The van der Waals surface area contributed by atoms with Crippen LogP contribution < -0.4 is 10.1 Å². The molecule has 5 aromatic rings. The second-order valence-corrected chi connectivity index (χ2v) is 8.90. The van der Waals surface area contributed by atoms with E-state index in [1.807, 2.05) is 60.7 Å². The van der Waals surface area contributed by atoms with E-state index in [1.165, 1.54) is 0 Å². The second kappa shape index (κ2) is 9.45. The maximum Gasteiger partial charge on any atom is 0.255 e. The second-order valence-electron chi connectivity index (χ2n) is 7.43. The number of benzene rings is 4. The molecule has 0 saturated heterocycles. The minimum atomic E-state index is -0.214. The third kappa shape index (κ3) is 4.90. The van der Waals surface area contributed by atoms with Gasteiger partial charge in [-0.2, -0.15) is 0 Å². The Balaban J connectivity index is 1.33. The number of fused-ring (bicyclic) bond motifs is 1. The zero-order valence-corrected chi connectivity index (χ0v) is 19.1. The number of para-hydroxylation sites is 1. The number of thiazole rings is 1. The van der Waals surface area contributed by atoms with Crippen LogP contribution in [0.15, 0.2) is 97.1 Å². The van der Waals surface area contributed by atoms with Crippen molar-refractivity contribution >= 4 is 44.7 Å². The van der Waals surface area contributed by atoms with E-state index in [0.29, 0.717) is 28.6 Å². The van der Waals surface area contributed by atoms with Crippen molar-refractivity contribution in [1.82, 2.24) is 4.98 Å². The first-order valence-corrected chi connectivity index (χ1v) is 11.6. The molecule has 1 N–H and O–H groups in total. The number of ether oxygens (including phenoxy) is 1. The SMILES string of the molecule is O=C(Nc1ccc(Cl)cc1-c1nc2ccccc2s1)c1ccc(OCc2ccccc2)cc1. The average molecular weight is 471 g/mol. The molecule has 162 valence electrons. The molecule has 0 aliphatic heterocycles. The van der Waals surface area contributed by atoms with Crippen LogP contribution in [0.4, 0.5) is 5.69 Å². The highest BCUT2D eigenvalue weighted by Crippen LogP contribution is 2.36. The lowest BCUT2D eigenvalue weighted by atomic mass is 10.1. The summed E-state index contributed by atoms with van der Waals surface area (Å²) in [6, 6.07) is 30.4. The van der Waals surface area contributed by atoms with Crippen molar-refractivity contribution in [3.8, 4) is 16.3 Å². The summed E-state index contributed by atoms with van der Waals surface area (Å²) in [5.74, 6) is 0.492. The topological polar surface area (TPSA) is 51.2 Å². The fourth-order valence-electron chi connectivity index (χ4n) is 3.43. The number of nitrogens with one attached hydrogen (secondary N) is 1. The van der Waals surface area contributed by atoms with Gasteiger partial charge in [0, 0.05) is 16.1 Å². The Bertz CT molecular complexity index is 1380. The van der Waals surface area contributed by atoms with Gasteiger partial charge < -0.3 is 10.1 Å². The van der Waals surface area contributed by atoms with E-state index in [2.05, 4.69) is 5.32 Å². The average Bonchev–Trinajstić information content (AvgIpc) is 3.29. The molecule has 0 spiro atoms. The summed E-state index contributed by atoms with van der Waals surface area (Å²) in [5, 5.41) is 4.39. The molecule has 33 heavy (non-hydrogen) atoms. The Morgan fingerprint density at radius 1 is 0.909 bits per heavy atom. The van der Waals surface area contributed by atoms with Gasteiger partial charge in [0.05, 0.1) is 15.9 Å². The van der Waals surface area contributed by atoms with Crippen LogP contribution >= 0.6 is 22.9 Å². The van der Waals surface area contributed by atoms with Crippen LogP contribution in [-0.4, -0.2) is 10.9 Å². The first-order valence-electron chi connectivity index (χ1n) is 10.4. The fraction of sp³-hybridized carbons (Fsp3) is 0.0370. The Kier molecular flexibility index (Phi) is 6.07. The molecule has 1 heterocycles. The summed E-state index contributed by atoms with van der Waals surface area (Å²) in [6.07, 6.45) is 0. The Hall–Kier alpha value is -3.67. The van der Waals surface area contributed by atoms with Crippen LogP contribution in [0.1, 0.15) is 15.9 Å². The van der Waals surface area contributed by atoms with Crippen molar-refractivity contribution < 1.29 is 9.53 Å². The van der Waals surface area contributed by atoms with Crippen molar-refractivity contribution in [2.45, 2.75) is 6.61 Å². The van der Waals surface area contributed by atoms with E-state index < -0.39 is 0 Å². The number of hydrogen-bond acceptors (Lipinski definition) is 4. The highest BCUT2D eigenvalue weighted by molar-refractivity contribution is 7.21. The number of hydrogen-bond donors (Lipinski definition) is 1. The summed E-state index contributed by atoms with van der Waals surface area (Å²) in [4.78, 5) is 17.7. The Labute approximate surface area is 200 Å². The van der Waals surface area contributed by atoms with Gasteiger partial charge in [0.1, 0.15) is 17.4 Å². The van der Waals surface area contributed by atoms with Gasteiger partial charge >= 0.3 is 0 Å². The summed E-state index contributed by atoms with van der Waals surface area (Å²) in [5.41, 5.74) is 3.99. The minimum absolute atomic E-state index is 0.214. The smallest absolute Gasteiger partial charge is 0.255 e. The Morgan fingerprint density at radius 3 is 2.45 bits per heavy atom. The minimum Gasteiger partial charge on any atom is -0.489 e. The molecule has 0 fully saturated rings. The number of nitrogens with zero attached hydrogens (tertiary/aromatic N) is 1. The van der Waals surface area contributed by atoms with Crippen molar-refractivity contribution in [2.24, 2.45) is 0 Å².